The number of para-hydroxylation sites is 2. The van der Waals surface area contributed by atoms with Crippen molar-refractivity contribution >= 4 is 11.4 Å². The molecule has 0 aliphatic heterocycles. The number of hydrogen-bond acceptors (Lipinski definition) is 4. The van der Waals surface area contributed by atoms with Gasteiger partial charge >= 0.3 is 0 Å². The zero-order chi connectivity index (χ0) is 12.6. The molecule has 2 rings (SSSR count). The Hall–Kier alpha value is -2.04. The fourth-order valence-corrected chi connectivity index (χ4v) is 1.61. The van der Waals surface area contributed by atoms with Gasteiger partial charge in [0.25, 0.3) is 0 Å². The normalized spacial score (nSPS) is 10.1. The standard InChI is InChI=1S/C14H18N4/c15-18(14-9-5-2-6-10-14)12-11-16-17-13-7-3-1-4-8-13/h1-10,16-17H,11-12,15H2. The molecule has 2 aromatic carbocycles. The average Bonchev–Trinajstić information content (AvgIpc) is 2.45. The van der Waals surface area contributed by atoms with Crippen molar-refractivity contribution in [3.05, 3.63) is 60.7 Å². The van der Waals surface area contributed by atoms with Crippen LogP contribution in [0.2, 0.25) is 0 Å². The van der Waals surface area contributed by atoms with Crippen molar-refractivity contribution in [2.24, 2.45) is 5.84 Å². The third-order valence-electron chi connectivity index (χ3n) is 2.57. The lowest BCUT2D eigenvalue weighted by molar-refractivity contribution is 0.735. The molecular weight excluding hydrogens is 224 g/mol. The summed E-state index contributed by atoms with van der Waals surface area (Å²) < 4.78 is 0. The molecule has 4 heteroatoms. The Morgan fingerprint density at radius 3 is 2.17 bits per heavy atom. The van der Waals surface area contributed by atoms with Crippen molar-refractivity contribution in [2.75, 3.05) is 23.5 Å². The van der Waals surface area contributed by atoms with E-state index >= 15 is 0 Å². The molecule has 0 amide bonds. The minimum Gasteiger partial charge on any atom is -0.321 e. The molecule has 0 heterocycles. The highest BCUT2D eigenvalue weighted by atomic mass is 15.4. The molecule has 94 valence electrons. The Balaban J connectivity index is 1.70. The van der Waals surface area contributed by atoms with Crippen LogP contribution < -0.4 is 21.7 Å². The van der Waals surface area contributed by atoms with Gasteiger partial charge in [0.05, 0.1) is 5.69 Å². The predicted molar refractivity (Wildman–Crippen MR) is 76.0 cm³/mol. The van der Waals surface area contributed by atoms with E-state index in [1.165, 1.54) is 0 Å². The molecule has 0 saturated carbocycles. The number of nitrogens with two attached hydrogens (primary N) is 1. The second kappa shape index (κ2) is 6.64. The summed E-state index contributed by atoms with van der Waals surface area (Å²) in [6.45, 7) is 1.48. The van der Waals surface area contributed by atoms with Crippen LogP contribution in [0.15, 0.2) is 60.7 Å². The van der Waals surface area contributed by atoms with Crippen molar-refractivity contribution in [3.8, 4) is 0 Å². The minimum atomic E-state index is 0.726. The Morgan fingerprint density at radius 1 is 0.889 bits per heavy atom. The minimum absolute atomic E-state index is 0.726. The summed E-state index contributed by atoms with van der Waals surface area (Å²) in [5, 5.41) is 1.72. The van der Waals surface area contributed by atoms with E-state index in [2.05, 4.69) is 10.9 Å². The summed E-state index contributed by atoms with van der Waals surface area (Å²) in [6, 6.07) is 19.9. The second-order valence-corrected chi connectivity index (χ2v) is 3.95. The molecule has 0 aliphatic rings. The van der Waals surface area contributed by atoms with E-state index in [1.54, 1.807) is 5.01 Å². The molecule has 0 fully saturated rings. The number of nitrogens with zero attached hydrogens (tertiary/aromatic N) is 1. The van der Waals surface area contributed by atoms with Gasteiger partial charge in [-0.15, -0.1) is 0 Å². The predicted octanol–water partition coefficient (Wildman–Crippen LogP) is 1.98. The Bertz CT molecular complexity index is 444. The maximum absolute atomic E-state index is 5.94. The highest BCUT2D eigenvalue weighted by molar-refractivity contribution is 5.44. The van der Waals surface area contributed by atoms with Gasteiger partial charge < -0.3 is 10.4 Å². The van der Waals surface area contributed by atoms with Gasteiger partial charge in [-0.1, -0.05) is 36.4 Å². The van der Waals surface area contributed by atoms with Crippen LogP contribution in [0.3, 0.4) is 0 Å². The first-order valence-electron chi connectivity index (χ1n) is 5.97. The maximum Gasteiger partial charge on any atom is 0.0517 e. The molecule has 0 aliphatic carbocycles. The lowest BCUT2D eigenvalue weighted by Gasteiger charge is -2.19. The highest BCUT2D eigenvalue weighted by Crippen LogP contribution is 2.08. The Kier molecular flexibility index (Phi) is 4.58. The summed E-state index contributed by atoms with van der Waals surface area (Å²) in [5.74, 6) is 5.94. The number of anilines is 2. The quantitative estimate of drug-likeness (QED) is 0.412. The molecule has 0 saturated heterocycles. The number of benzene rings is 2. The van der Waals surface area contributed by atoms with Gasteiger partial charge in [-0.3, -0.25) is 0 Å². The van der Waals surface area contributed by atoms with Crippen LogP contribution in [0.5, 0.6) is 0 Å². The number of hydrazine groups is 2. The molecule has 0 radical (unpaired) electrons. The first kappa shape index (κ1) is 12.4. The number of hydrogen-bond donors (Lipinski definition) is 3. The van der Waals surface area contributed by atoms with Gasteiger partial charge in [0.15, 0.2) is 0 Å². The van der Waals surface area contributed by atoms with Crippen molar-refractivity contribution in [1.82, 2.24) is 5.43 Å². The Morgan fingerprint density at radius 2 is 1.50 bits per heavy atom. The first-order chi connectivity index (χ1) is 8.86. The molecular formula is C14H18N4. The van der Waals surface area contributed by atoms with E-state index in [0.717, 1.165) is 24.5 Å². The fourth-order valence-electron chi connectivity index (χ4n) is 1.61. The lowest BCUT2D eigenvalue weighted by atomic mass is 10.3. The van der Waals surface area contributed by atoms with E-state index in [9.17, 15) is 0 Å². The van der Waals surface area contributed by atoms with Gasteiger partial charge in [-0.05, 0) is 24.3 Å². The van der Waals surface area contributed by atoms with Crippen molar-refractivity contribution in [2.45, 2.75) is 0 Å². The van der Waals surface area contributed by atoms with Crippen molar-refractivity contribution in [3.63, 3.8) is 0 Å². The molecule has 4 nitrogen and oxygen atoms in total. The smallest absolute Gasteiger partial charge is 0.0517 e. The third kappa shape index (κ3) is 3.76. The van der Waals surface area contributed by atoms with E-state index in [4.69, 9.17) is 5.84 Å². The summed E-state index contributed by atoms with van der Waals surface area (Å²) >= 11 is 0. The molecule has 0 aromatic heterocycles. The summed E-state index contributed by atoms with van der Waals surface area (Å²) in [4.78, 5) is 0. The summed E-state index contributed by atoms with van der Waals surface area (Å²) in [7, 11) is 0. The Labute approximate surface area is 107 Å². The van der Waals surface area contributed by atoms with Gasteiger partial charge in [0.2, 0.25) is 0 Å². The third-order valence-corrected chi connectivity index (χ3v) is 2.57. The van der Waals surface area contributed by atoms with E-state index < -0.39 is 0 Å². The summed E-state index contributed by atoms with van der Waals surface area (Å²) in [6.07, 6.45) is 0. The molecule has 0 bridgehead atoms. The van der Waals surface area contributed by atoms with Gasteiger partial charge in [-0.25, -0.2) is 11.3 Å². The van der Waals surface area contributed by atoms with Crippen LogP contribution in [-0.4, -0.2) is 13.1 Å². The van der Waals surface area contributed by atoms with Gasteiger partial charge in [-0.2, -0.15) is 0 Å². The number of rotatable bonds is 6. The van der Waals surface area contributed by atoms with E-state index in [0.29, 0.717) is 0 Å². The molecule has 0 spiro atoms. The molecule has 18 heavy (non-hydrogen) atoms. The fraction of sp³-hybridized carbons (Fsp3) is 0.143. The molecule has 2 aromatic rings. The topological polar surface area (TPSA) is 53.3 Å². The molecule has 0 unspecified atom stereocenters. The highest BCUT2D eigenvalue weighted by Gasteiger charge is 1.98. The summed E-state index contributed by atoms with van der Waals surface area (Å²) in [5.41, 5.74) is 8.31. The maximum atomic E-state index is 5.94. The van der Waals surface area contributed by atoms with Gasteiger partial charge in [0.1, 0.15) is 0 Å². The van der Waals surface area contributed by atoms with Crippen molar-refractivity contribution < 1.29 is 0 Å². The zero-order valence-electron chi connectivity index (χ0n) is 10.2. The SMILES string of the molecule is NN(CCNNc1ccccc1)c1ccccc1. The first-order valence-corrected chi connectivity index (χ1v) is 5.97. The van der Waals surface area contributed by atoms with E-state index in [-0.39, 0.29) is 0 Å². The van der Waals surface area contributed by atoms with Crippen molar-refractivity contribution in [1.29, 1.82) is 0 Å². The average molecular weight is 242 g/mol. The van der Waals surface area contributed by atoms with Crippen LogP contribution in [0, 0.1) is 0 Å². The molecule has 0 atom stereocenters. The lowest BCUT2D eigenvalue weighted by Crippen LogP contribution is -2.38. The molecule has 4 N–H and O–H groups in total. The van der Waals surface area contributed by atoms with Crippen LogP contribution in [0.1, 0.15) is 0 Å². The second-order valence-electron chi connectivity index (χ2n) is 3.95. The monoisotopic (exact) mass is 242 g/mol. The van der Waals surface area contributed by atoms with Crippen LogP contribution in [0.25, 0.3) is 0 Å². The number of nitrogens with one attached hydrogen (secondary N) is 2. The zero-order valence-corrected chi connectivity index (χ0v) is 10.2. The van der Waals surface area contributed by atoms with E-state index in [1.807, 2.05) is 60.7 Å². The van der Waals surface area contributed by atoms with Crippen LogP contribution >= 0.6 is 0 Å². The van der Waals surface area contributed by atoms with Crippen LogP contribution in [0.4, 0.5) is 11.4 Å². The van der Waals surface area contributed by atoms with Gasteiger partial charge in [0, 0.05) is 18.8 Å². The van der Waals surface area contributed by atoms with Crippen LogP contribution in [-0.2, 0) is 0 Å². The largest absolute Gasteiger partial charge is 0.321 e.